The van der Waals surface area contributed by atoms with Crippen LogP contribution in [0.5, 0.6) is 5.75 Å². The van der Waals surface area contributed by atoms with Gasteiger partial charge in [-0.3, -0.25) is 0 Å². The normalized spacial score (nSPS) is 12.0. The molecule has 2 N–H and O–H groups in total. The Morgan fingerprint density at radius 2 is 1.67 bits per heavy atom. The Morgan fingerprint density at radius 1 is 0.917 bits per heavy atom. The number of hydrogen-bond donors (Lipinski definition) is 2. The summed E-state index contributed by atoms with van der Waals surface area (Å²) in [5, 5.41) is 17.5. The predicted octanol–water partition coefficient (Wildman–Crippen LogP) is 7.49. The molecule has 0 aliphatic carbocycles. The van der Waals surface area contributed by atoms with Crippen molar-refractivity contribution in [3.63, 3.8) is 0 Å². The van der Waals surface area contributed by atoms with E-state index in [0.717, 1.165) is 27.5 Å². The van der Waals surface area contributed by atoms with E-state index >= 15 is 0 Å². The van der Waals surface area contributed by atoms with Gasteiger partial charge in [-0.15, -0.1) is 0 Å². The molecule has 0 aliphatic rings. The number of ether oxygens (including phenoxy) is 1. The van der Waals surface area contributed by atoms with Crippen LogP contribution in [0.25, 0.3) is 21.9 Å². The summed E-state index contributed by atoms with van der Waals surface area (Å²) in [6.07, 6.45) is -1.03. The zero-order valence-electron chi connectivity index (χ0n) is 19.0. The molecule has 4 aromatic carbocycles. The average Bonchev–Trinajstić information content (AvgIpc) is 3.26. The first kappa shape index (κ1) is 24.4. The molecule has 0 unspecified atom stereocenters. The molecule has 0 amide bonds. The third kappa shape index (κ3) is 5.42. The molecule has 0 fully saturated rings. The maximum absolute atomic E-state index is 11.1. The number of benzene rings is 4. The summed E-state index contributed by atoms with van der Waals surface area (Å²) >= 11 is 18.0. The summed E-state index contributed by atoms with van der Waals surface area (Å²) in [7, 11) is 0. The van der Waals surface area contributed by atoms with Crippen LogP contribution < -0.4 is 10.1 Å². The van der Waals surface area contributed by atoms with Gasteiger partial charge >= 0.3 is 0 Å². The van der Waals surface area contributed by atoms with Crippen molar-refractivity contribution in [2.45, 2.75) is 12.8 Å². The minimum absolute atomic E-state index is 0.00963. The molecule has 0 saturated carbocycles. The summed E-state index contributed by atoms with van der Waals surface area (Å²) in [5.41, 5.74) is 3.17. The Morgan fingerprint density at radius 3 is 2.47 bits per heavy atom. The molecule has 5 nitrogen and oxygen atoms in total. The van der Waals surface area contributed by atoms with Gasteiger partial charge in [0.2, 0.25) is 0 Å². The number of nitrogens with one attached hydrogen (secondary N) is 1. The molecule has 0 bridgehead atoms. The third-order valence-corrected chi connectivity index (χ3v) is 6.62. The smallest absolute Gasteiger partial charge is 0.175 e. The Hall–Kier alpha value is -3.29. The van der Waals surface area contributed by atoms with Crippen molar-refractivity contribution in [1.29, 1.82) is 0 Å². The molecule has 5 aromatic rings. The van der Waals surface area contributed by atoms with Gasteiger partial charge in [-0.1, -0.05) is 71.7 Å². The standard InChI is InChI=1S/C28H22Cl2N2O3S/c29-19-10-12-24(23(30)14-19)31-28(36)32(16-18-6-2-1-3-7-18)27(33)17-34-20-11-13-26-22(15-20)21-8-4-5-9-25(21)35-26/h1-15,27,33H,16-17H2,(H,31,36)/t27-/m0/s1. The topological polar surface area (TPSA) is 57.9 Å². The first-order valence-electron chi connectivity index (χ1n) is 11.3. The molecule has 36 heavy (non-hydrogen) atoms. The number of rotatable bonds is 7. The summed E-state index contributed by atoms with van der Waals surface area (Å²) in [6.45, 7) is 0.359. The van der Waals surface area contributed by atoms with Crippen LogP contribution in [0, 0.1) is 0 Å². The molecule has 0 spiro atoms. The van der Waals surface area contributed by atoms with Crippen molar-refractivity contribution in [2.75, 3.05) is 11.9 Å². The molecule has 8 heteroatoms. The Balaban J connectivity index is 1.34. The second kappa shape index (κ2) is 10.8. The maximum Gasteiger partial charge on any atom is 0.175 e. The number of hydrogen-bond acceptors (Lipinski definition) is 4. The fourth-order valence-electron chi connectivity index (χ4n) is 3.93. The molecule has 0 saturated heterocycles. The van der Waals surface area contributed by atoms with Crippen molar-refractivity contribution in [1.82, 2.24) is 4.90 Å². The van der Waals surface area contributed by atoms with Crippen LogP contribution in [0.2, 0.25) is 10.0 Å². The molecule has 0 radical (unpaired) electrons. The quantitative estimate of drug-likeness (QED) is 0.166. The number of para-hydroxylation sites is 1. The van der Waals surface area contributed by atoms with Crippen LogP contribution >= 0.6 is 35.4 Å². The van der Waals surface area contributed by atoms with Gasteiger partial charge in [0.1, 0.15) is 23.5 Å². The lowest BCUT2D eigenvalue weighted by atomic mass is 10.1. The predicted molar refractivity (Wildman–Crippen MR) is 150 cm³/mol. The van der Waals surface area contributed by atoms with E-state index in [1.807, 2.05) is 72.8 Å². The first-order chi connectivity index (χ1) is 17.5. The SMILES string of the molecule is O[C@@H](COc1ccc2oc3ccccc3c2c1)N(Cc1ccccc1)C(=S)Nc1ccc(Cl)cc1Cl. The highest BCUT2D eigenvalue weighted by Crippen LogP contribution is 2.31. The first-order valence-corrected chi connectivity index (χ1v) is 12.4. The van der Waals surface area contributed by atoms with Crippen LogP contribution in [-0.2, 0) is 6.54 Å². The fraction of sp³-hybridized carbons (Fsp3) is 0.107. The third-order valence-electron chi connectivity index (χ3n) is 5.74. The highest BCUT2D eigenvalue weighted by molar-refractivity contribution is 7.80. The van der Waals surface area contributed by atoms with Gasteiger partial charge in [-0.25, -0.2) is 0 Å². The zero-order chi connectivity index (χ0) is 25.1. The molecule has 0 aliphatic heterocycles. The van der Waals surface area contributed by atoms with Crippen LogP contribution in [0.4, 0.5) is 5.69 Å². The summed E-state index contributed by atoms with van der Waals surface area (Å²) in [5.74, 6) is 0.618. The molecule has 1 aromatic heterocycles. The van der Waals surface area contributed by atoms with E-state index in [1.165, 1.54) is 0 Å². The number of anilines is 1. The molecule has 182 valence electrons. The van der Waals surface area contributed by atoms with Gasteiger partial charge in [-0.05, 0) is 60.2 Å². The number of thiocarbonyl (C=S) groups is 1. The lowest BCUT2D eigenvalue weighted by molar-refractivity contribution is 0.0101. The second-order valence-electron chi connectivity index (χ2n) is 8.22. The van der Waals surface area contributed by atoms with Gasteiger partial charge in [0.15, 0.2) is 11.3 Å². The van der Waals surface area contributed by atoms with Gasteiger partial charge in [0, 0.05) is 22.3 Å². The van der Waals surface area contributed by atoms with E-state index in [4.69, 9.17) is 44.6 Å². The largest absolute Gasteiger partial charge is 0.489 e. The minimum Gasteiger partial charge on any atom is -0.489 e. The number of furan rings is 1. The van der Waals surface area contributed by atoms with Crippen LogP contribution in [0.15, 0.2) is 95.4 Å². The van der Waals surface area contributed by atoms with Gasteiger partial charge in [0.25, 0.3) is 0 Å². The summed E-state index contributed by atoms with van der Waals surface area (Å²) in [6, 6.07) is 28.3. The van der Waals surface area contributed by atoms with Gasteiger partial charge in [-0.2, -0.15) is 0 Å². The molecule has 1 heterocycles. The lowest BCUT2D eigenvalue weighted by Crippen LogP contribution is -2.45. The van der Waals surface area contributed by atoms with Crippen molar-refractivity contribution in [3.8, 4) is 5.75 Å². The number of aliphatic hydroxyl groups is 1. The highest BCUT2D eigenvalue weighted by atomic mass is 35.5. The Bertz CT molecular complexity index is 1520. The van der Waals surface area contributed by atoms with Gasteiger partial charge < -0.3 is 24.5 Å². The van der Waals surface area contributed by atoms with E-state index in [2.05, 4.69) is 5.32 Å². The monoisotopic (exact) mass is 536 g/mol. The fourth-order valence-corrected chi connectivity index (χ4v) is 4.68. The lowest BCUT2D eigenvalue weighted by Gasteiger charge is -2.31. The van der Waals surface area contributed by atoms with E-state index in [-0.39, 0.29) is 6.61 Å². The molecule has 1 atom stereocenters. The van der Waals surface area contributed by atoms with Crippen LogP contribution in [0.1, 0.15) is 5.56 Å². The molecular weight excluding hydrogens is 515 g/mol. The number of halogens is 2. The van der Waals surface area contributed by atoms with Gasteiger partial charge in [0.05, 0.1) is 10.7 Å². The molecular formula is C28H22Cl2N2O3S. The van der Waals surface area contributed by atoms with Crippen molar-refractivity contribution in [2.24, 2.45) is 0 Å². The average molecular weight is 537 g/mol. The van der Waals surface area contributed by atoms with Crippen LogP contribution in [-0.4, -0.2) is 28.0 Å². The number of nitrogens with zero attached hydrogens (tertiary/aromatic N) is 1. The van der Waals surface area contributed by atoms with E-state index in [0.29, 0.717) is 33.1 Å². The van der Waals surface area contributed by atoms with E-state index in [1.54, 1.807) is 23.1 Å². The number of fused-ring (bicyclic) bond motifs is 3. The number of aliphatic hydroxyl groups excluding tert-OH is 1. The van der Waals surface area contributed by atoms with Crippen molar-refractivity contribution < 1.29 is 14.3 Å². The summed E-state index contributed by atoms with van der Waals surface area (Å²) in [4.78, 5) is 1.65. The second-order valence-corrected chi connectivity index (χ2v) is 9.45. The summed E-state index contributed by atoms with van der Waals surface area (Å²) < 4.78 is 11.9. The zero-order valence-corrected chi connectivity index (χ0v) is 21.4. The minimum atomic E-state index is -1.03. The Labute approximate surface area is 223 Å². The van der Waals surface area contributed by atoms with E-state index < -0.39 is 6.23 Å². The molecule has 5 rings (SSSR count). The van der Waals surface area contributed by atoms with Crippen LogP contribution in [0.3, 0.4) is 0 Å². The Kier molecular flexibility index (Phi) is 7.30. The van der Waals surface area contributed by atoms with Crippen molar-refractivity contribution in [3.05, 3.63) is 107 Å². The highest BCUT2D eigenvalue weighted by Gasteiger charge is 2.21. The van der Waals surface area contributed by atoms with E-state index in [9.17, 15) is 5.11 Å². The van der Waals surface area contributed by atoms with Crippen molar-refractivity contribution >= 4 is 68.2 Å². The maximum atomic E-state index is 11.1.